The van der Waals surface area contributed by atoms with Crippen LogP contribution in [0.25, 0.3) is 11.3 Å². The SMILES string of the molecule is CCc1[nH]c(C2CNC(=O)C2)nc1-c1ccccc1. The molecule has 1 aliphatic heterocycles. The van der Waals surface area contributed by atoms with Crippen LogP contribution < -0.4 is 5.32 Å². The summed E-state index contributed by atoms with van der Waals surface area (Å²) < 4.78 is 0. The van der Waals surface area contributed by atoms with E-state index in [1.54, 1.807) is 0 Å². The Kier molecular flexibility index (Phi) is 3.07. The van der Waals surface area contributed by atoms with Crippen LogP contribution in [0.5, 0.6) is 0 Å². The van der Waals surface area contributed by atoms with Crippen LogP contribution in [0, 0.1) is 0 Å². The minimum Gasteiger partial charge on any atom is -0.355 e. The van der Waals surface area contributed by atoms with Crippen molar-refractivity contribution in [2.24, 2.45) is 0 Å². The van der Waals surface area contributed by atoms with E-state index in [1.165, 1.54) is 0 Å². The van der Waals surface area contributed by atoms with Gasteiger partial charge in [-0.3, -0.25) is 4.79 Å². The molecule has 2 heterocycles. The van der Waals surface area contributed by atoms with Crippen molar-refractivity contribution in [3.05, 3.63) is 41.9 Å². The van der Waals surface area contributed by atoms with E-state index in [9.17, 15) is 4.79 Å². The quantitative estimate of drug-likeness (QED) is 0.883. The fraction of sp³-hybridized carbons (Fsp3) is 0.333. The van der Waals surface area contributed by atoms with E-state index in [2.05, 4.69) is 29.4 Å². The Bertz CT molecular complexity index is 589. The smallest absolute Gasteiger partial charge is 0.220 e. The summed E-state index contributed by atoms with van der Waals surface area (Å²) in [7, 11) is 0. The highest BCUT2D eigenvalue weighted by atomic mass is 16.1. The number of carbonyl (C=O) groups is 1. The first-order valence-corrected chi connectivity index (χ1v) is 6.68. The van der Waals surface area contributed by atoms with Crippen LogP contribution in [0.4, 0.5) is 0 Å². The van der Waals surface area contributed by atoms with Crippen molar-refractivity contribution in [1.82, 2.24) is 15.3 Å². The van der Waals surface area contributed by atoms with Crippen LogP contribution in [0.2, 0.25) is 0 Å². The fourth-order valence-corrected chi connectivity index (χ4v) is 2.51. The number of aromatic amines is 1. The Labute approximate surface area is 112 Å². The molecule has 0 radical (unpaired) electrons. The van der Waals surface area contributed by atoms with Crippen molar-refractivity contribution in [3.8, 4) is 11.3 Å². The fourth-order valence-electron chi connectivity index (χ4n) is 2.51. The second-order valence-electron chi connectivity index (χ2n) is 4.87. The number of benzene rings is 1. The summed E-state index contributed by atoms with van der Waals surface area (Å²) in [5.41, 5.74) is 3.28. The van der Waals surface area contributed by atoms with Crippen LogP contribution in [-0.4, -0.2) is 22.4 Å². The molecular weight excluding hydrogens is 238 g/mol. The molecule has 1 aromatic carbocycles. The number of aromatic nitrogens is 2. The molecule has 2 aromatic rings. The van der Waals surface area contributed by atoms with Crippen molar-refractivity contribution >= 4 is 5.91 Å². The predicted molar refractivity (Wildman–Crippen MR) is 73.8 cm³/mol. The lowest BCUT2D eigenvalue weighted by molar-refractivity contribution is -0.119. The number of nitrogens with one attached hydrogen (secondary N) is 2. The maximum absolute atomic E-state index is 11.3. The van der Waals surface area contributed by atoms with Gasteiger partial charge in [0.05, 0.1) is 5.69 Å². The number of amides is 1. The Morgan fingerprint density at radius 1 is 1.32 bits per heavy atom. The lowest BCUT2D eigenvalue weighted by atomic mass is 10.1. The Morgan fingerprint density at radius 2 is 2.11 bits per heavy atom. The second kappa shape index (κ2) is 4.88. The van der Waals surface area contributed by atoms with Gasteiger partial charge in [0.1, 0.15) is 5.82 Å². The normalized spacial score (nSPS) is 18.6. The highest BCUT2D eigenvalue weighted by Gasteiger charge is 2.26. The van der Waals surface area contributed by atoms with Gasteiger partial charge in [-0.1, -0.05) is 37.3 Å². The topological polar surface area (TPSA) is 57.8 Å². The number of carbonyl (C=O) groups excluding carboxylic acids is 1. The van der Waals surface area contributed by atoms with Crippen LogP contribution in [0.15, 0.2) is 30.3 Å². The van der Waals surface area contributed by atoms with Gasteiger partial charge in [-0.15, -0.1) is 0 Å². The van der Waals surface area contributed by atoms with Gasteiger partial charge in [0.25, 0.3) is 0 Å². The Hall–Kier alpha value is -2.10. The number of nitrogens with zero attached hydrogens (tertiary/aromatic N) is 1. The summed E-state index contributed by atoms with van der Waals surface area (Å²) in [6.07, 6.45) is 1.44. The largest absolute Gasteiger partial charge is 0.355 e. The van der Waals surface area contributed by atoms with E-state index in [1.807, 2.05) is 18.2 Å². The molecular formula is C15H17N3O. The zero-order valence-electron chi connectivity index (χ0n) is 10.9. The van der Waals surface area contributed by atoms with Crippen LogP contribution in [-0.2, 0) is 11.2 Å². The number of rotatable bonds is 3. The lowest BCUT2D eigenvalue weighted by Crippen LogP contribution is -2.13. The number of hydrogen-bond donors (Lipinski definition) is 2. The molecule has 19 heavy (non-hydrogen) atoms. The van der Waals surface area contributed by atoms with E-state index in [0.29, 0.717) is 13.0 Å². The number of imidazole rings is 1. The summed E-state index contributed by atoms with van der Waals surface area (Å²) in [5.74, 6) is 1.21. The van der Waals surface area contributed by atoms with Crippen LogP contribution in [0.3, 0.4) is 0 Å². The molecule has 1 unspecified atom stereocenters. The zero-order valence-corrected chi connectivity index (χ0v) is 10.9. The molecule has 0 spiro atoms. The number of H-pyrrole nitrogens is 1. The summed E-state index contributed by atoms with van der Waals surface area (Å²) in [5, 5.41) is 2.86. The lowest BCUT2D eigenvalue weighted by Gasteiger charge is -2.01. The third kappa shape index (κ3) is 2.26. The predicted octanol–water partition coefficient (Wildman–Crippen LogP) is 2.24. The first-order chi connectivity index (χ1) is 9.28. The minimum atomic E-state index is 0.112. The van der Waals surface area contributed by atoms with E-state index in [-0.39, 0.29) is 11.8 Å². The monoisotopic (exact) mass is 255 g/mol. The number of hydrogen-bond acceptors (Lipinski definition) is 2. The van der Waals surface area contributed by atoms with Gasteiger partial charge in [-0.05, 0) is 6.42 Å². The summed E-state index contributed by atoms with van der Waals surface area (Å²) >= 11 is 0. The highest BCUT2D eigenvalue weighted by molar-refractivity contribution is 5.79. The van der Waals surface area contributed by atoms with Gasteiger partial charge in [-0.25, -0.2) is 4.98 Å². The molecule has 98 valence electrons. The summed E-state index contributed by atoms with van der Waals surface area (Å²) in [6.45, 7) is 2.80. The van der Waals surface area contributed by atoms with Crippen molar-refractivity contribution in [2.45, 2.75) is 25.7 Å². The molecule has 3 rings (SSSR count). The molecule has 0 saturated carbocycles. The maximum atomic E-state index is 11.3. The van der Waals surface area contributed by atoms with Crippen LogP contribution >= 0.6 is 0 Å². The standard InChI is InChI=1S/C15H17N3O/c1-2-12-14(10-6-4-3-5-7-10)18-15(17-12)11-8-13(19)16-9-11/h3-7,11H,2,8-9H2,1H3,(H,16,19)(H,17,18). The molecule has 1 atom stereocenters. The molecule has 1 amide bonds. The molecule has 2 N–H and O–H groups in total. The Balaban J connectivity index is 1.97. The third-order valence-corrected chi connectivity index (χ3v) is 3.56. The van der Waals surface area contributed by atoms with E-state index in [0.717, 1.165) is 29.2 Å². The maximum Gasteiger partial charge on any atom is 0.220 e. The van der Waals surface area contributed by atoms with Gasteiger partial charge in [0.15, 0.2) is 0 Å². The molecule has 4 nitrogen and oxygen atoms in total. The van der Waals surface area contributed by atoms with Crippen molar-refractivity contribution in [2.75, 3.05) is 6.54 Å². The van der Waals surface area contributed by atoms with Gasteiger partial charge >= 0.3 is 0 Å². The highest BCUT2D eigenvalue weighted by Crippen LogP contribution is 2.27. The van der Waals surface area contributed by atoms with Gasteiger partial charge < -0.3 is 10.3 Å². The molecule has 1 saturated heterocycles. The van der Waals surface area contributed by atoms with E-state index in [4.69, 9.17) is 4.98 Å². The summed E-state index contributed by atoms with van der Waals surface area (Å²) in [4.78, 5) is 19.4. The minimum absolute atomic E-state index is 0.112. The molecule has 0 bridgehead atoms. The molecule has 0 aliphatic carbocycles. The summed E-state index contributed by atoms with van der Waals surface area (Å²) in [6, 6.07) is 10.2. The van der Waals surface area contributed by atoms with E-state index < -0.39 is 0 Å². The van der Waals surface area contributed by atoms with Crippen molar-refractivity contribution in [1.29, 1.82) is 0 Å². The molecule has 4 heteroatoms. The van der Waals surface area contributed by atoms with Gasteiger partial charge in [-0.2, -0.15) is 0 Å². The third-order valence-electron chi connectivity index (χ3n) is 3.56. The Morgan fingerprint density at radius 3 is 2.74 bits per heavy atom. The van der Waals surface area contributed by atoms with Crippen LogP contribution in [0.1, 0.15) is 30.8 Å². The van der Waals surface area contributed by atoms with Crippen molar-refractivity contribution < 1.29 is 4.79 Å². The number of aryl methyl sites for hydroxylation is 1. The molecule has 1 aliphatic rings. The average Bonchev–Trinajstić information content (AvgIpc) is 3.05. The average molecular weight is 255 g/mol. The van der Waals surface area contributed by atoms with Crippen molar-refractivity contribution in [3.63, 3.8) is 0 Å². The first kappa shape index (κ1) is 12.0. The molecule has 1 fully saturated rings. The second-order valence-corrected chi connectivity index (χ2v) is 4.87. The zero-order chi connectivity index (χ0) is 13.2. The van der Waals surface area contributed by atoms with Gasteiger partial charge in [0, 0.05) is 30.1 Å². The van der Waals surface area contributed by atoms with E-state index >= 15 is 0 Å². The first-order valence-electron chi connectivity index (χ1n) is 6.68. The van der Waals surface area contributed by atoms with Gasteiger partial charge in [0.2, 0.25) is 5.91 Å². The molecule has 1 aromatic heterocycles.